The van der Waals surface area contributed by atoms with Crippen LogP contribution in [-0.4, -0.2) is 5.78 Å². The molecule has 3 rings (SSSR count). The normalized spacial score (nSPS) is 14.2. The predicted octanol–water partition coefficient (Wildman–Crippen LogP) is 4.15. The summed E-state index contributed by atoms with van der Waals surface area (Å²) in [6, 6.07) is 8.69. The van der Waals surface area contributed by atoms with Crippen molar-refractivity contribution in [2.45, 2.75) is 6.29 Å². The number of benzene rings is 1. The third-order valence-electron chi connectivity index (χ3n) is 2.66. The maximum Gasteiger partial charge on any atom is 0.275 e. The van der Waals surface area contributed by atoms with Crippen LogP contribution in [0.5, 0.6) is 0 Å². The van der Waals surface area contributed by atoms with Crippen molar-refractivity contribution in [3.63, 3.8) is 0 Å². The molecular weight excluding hydrogens is 284 g/mol. The van der Waals surface area contributed by atoms with Crippen LogP contribution in [0.1, 0.15) is 27.1 Å². The molecule has 0 radical (unpaired) electrons. The zero-order chi connectivity index (χ0) is 13.2. The second kappa shape index (κ2) is 5.07. The van der Waals surface area contributed by atoms with Crippen LogP contribution in [0, 0.1) is 0 Å². The molecule has 19 heavy (non-hydrogen) atoms. The summed E-state index contributed by atoms with van der Waals surface area (Å²) in [7, 11) is 0. The molecule has 1 aromatic carbocycles. The van der Waals surface area contributed by atoms with Gasteiger partial charge in [-0.2, -0.15) is 0 Å². The topological polar surface area (TPSA) is 35.5 Å². The van der Waals surface area contributed by atoms with E-state index in [1.54, 1.807) is 35.7 Å². The van der Waals surface area contributed by atoms with Crippen molar-refractivity contribution in [1.29, 1.82) is 0 Å². The van der Waals surface area contributed by atoms with Gasteiger partial charge in [-0.05, 0) is 18.2 Å². The van der Waals surface area contributed by atoms with Crippen LogP contribution in [0.3, 0.4) is 0 Å². The number of ether oxygens (including phenoxy) is 2. The Labute approximate surface area is 119 Å². The highest BCUT2D eigenvalue weighted by molar-refractivity contribution is 7.10. The SMILES string of the molecule is O=C(c1cccc(Cl)c1)c1csc(C2OC=CO2)c1. The van der Waals surface area contributed by atoms with Gasteiger partial charge in [0, 0.05) is 21.5 Å². The molecule has 0 aliphatic carbocycles. The minimum atomic E-state index is -0.439. The summed E-state index contributed by atoms with van der Waals surface area (Å²) in [5.41, 5.74) is 1.18. The van der Waals surface area contributed by atoms with Gasteiger partial charge in [-0.25, -0.2) is 0 Å². The van der Waals surface area contributed by atoms with Gasteiger partial charge < -0.3 is 9.47 Å². The van der Waals surface area contributed by atoms with Crippen LogP contribution in [-0.2, 0) is 9.47 Å². The summed E-state index contributed by atoms with van der Waals surface area (Å²) in [5.74, 6) is -0.0593. The van der Waals surface area contributed by atoms with E-state index in [4.69, 9.17) is 21.1 Å². The van der Waals surface area contributed by atoms with E-state index in [2.05, 4.69) is 0 Å². The Kier molecular flexibility index (Phi) is 3.27. The van der Waals surface area contributed by atoms with Crippen LogP contribution >= 0.6 is 22.9 Å². The summed E-state index contributed by atoms with van der Waals surface area (Å²) in [5, 5.41) is 2.34. The highest BCUT2D eigenvalue weighted by Gasteiger charge is 2.20. The van der Waals surface area contributed by atoms with Crippen LogP contribution in [0.15, 0.2) is 48.2 Å². The molecule has 1 aliphatic rings. The van der Waals surface area contributed by atoms with E-state index in [0.717, 1.165) is 4.88 Å². The smallest absolute Gasteiger partial charge is 0.275 e. The number of rotatable bonds is 3. The fraction of sp³-hybridized carbons (Fsp3) is 0.0714. The van der Waals surface area contributed by atoms with Gasteiger partial charge in [0.05, 0.1) is 4.88 Å². The summed E-state index contributed by atoms with van der Waals surface area (Å²) in [4.78, 5) is 13.1. The van der Waals surface area contributed by atoms with Gasteiger partial charge in [-0.15, -0.1) is 11.3 Å². The van der Waals surface area contributed by atoms with E-state index in [1.165, 1.54) is 23.9 Å². The van der Waals surface area contributed by atoms with Gasteiger partial charge in [0.2, 0.25) is 0 Å². The molecule has 5 heteroatoms. The van der Waals surface area contributed by atoms with Crippen molar-refractivity contribution < 1.29 is 14.3 Å². The van der Waals surface area contributed by atoms with E-state index in [0.29, 0.717) is 16.1 Å². The van der Waals surface area contributed by atoms with Gasteiger partial charge in [0.1, 0.15) is 12.5 Å². The number of ketones is 1. The van der Waals surface area contributed by atoms with Gasteiger partial charge in [-0.1, -0.05) is 23.7 Å². The Morgan fingerprint density at radius 2 is 1.95 bits per heavy atom. The molecule has 1 aliphatic heterocycles. The van der Waals surface area contributed by atoms with E-state index < -0.39 is 6.29 Å². The number of hydrogen-bond acceptors (Lipinski definition) is 4. The van der Waals surface area contributed by atoms with Crippen molar-refractivity contribution in [2.75, 3.05) is 0 Å². The highest BCUT2D eigenvalue weighted by Crippen LogP contribution is 2.30. The molecule has 0 bridgehead atoms. The maximum absolute atomic E-state index is 12.3. The highest BCUT2D eigenvalue weighted by atomic mass is 35.5. The molecule has 0 unspecified atom stereocenters. The van der Waals surface area contributed by atoms with Gasteiger partial charge in [-0.3, -0.25) is 4.79 Å². The number of halogens is 1. The standard InChI is InChI=1S/C14H9ClO3S/c15-11-3-1-2-9(6-11)13(16)10-7-12(19-8-10)14-17-4-5-18-14/h1-8,14H. The van der Waals surface area contributed by atoms with E-state index >= 15 is 0 Å². The second-order valence-corrected chi connectivity index (χ2v) is 5.33. The van der Waals surface area contributed by atoms with E-state index in [-0.39, 0.29) is 5.78 Å². The van der Waals surface area contributed by atoms with Crippen LogP contribution in [0.2, 0.25) is 5.02 Å². The molecule has 0 N–H and O–H groups in total. The Hall–Kier alpha value is -1.78. The van der Waals surface area contributed by atoms with E-state index in [9.17, 15) is 4.79 Å². The fourth-order valence-corrected chi connectivity index (χ4v) is 2.81. The molecule has 1 aromatic heterocycles. The zero-order valence-corrected chi connectivity index (χ0v) is 11.3. The van der Waals surface area contributed by atoms with Crippen LogP contribution in [0.25, 0.3) is 0 Å². The molecule has 2 heterocycles. The van der Waals surface area contributed by atoms with Crippen molar-refractivity contribution in [3.05, 3.63) is 69.3 Å². The number of carbonyl (C=O) groups excluding carboxylic acids is 1. The van der Waals surface area contributed by atoms with Gasteiger partial charge in [0.15, 0.2) is 5.78 Å². The summed E-state index contributed by atoms with van der Waals surface area (Å²) in [6.07, 6.45) is 2.54. The molecule has 0 saturated carbocycles. The lowest BCUT2D eigenvalue weighted by molar-refractivity contribution is -0.0216. The molecule has 0 atom stereocenters. The third-order valence-corrected chi connectivity index (χ3v) is 3.85. The third kappa shape index (κ3) is 2.50. The van der Waals surface area contributed by atoms with Crippen LogP contribution in [0.4, 0.5) is 0 Å². The monoisotopic (exact) mass is 292 g/mol. The molecule has 0 saturated heterocycles. The summed E-state index contributed by atoms with van der Waals surface area (Å²) >= 11 is 7.32. The Bertz CT molecular complexity index is 640. The predicted molar refractivity (Wildman–Crippen MR) is 73.3 cm³/mol. The minimum Gasteiger partial charge on any atom is -0.454 e. The Balaban J connectivity index is 1.84. The first kappa shape index (κ1) is 12.3. The number of thiophene rings is 1. The Morgan fingerprint density at radius 3 is 2.68 bits per heavy atom. The first-order valence-corrected chi connectivity index (χ1v) is 6.84. The molecule has 3 nitrogen and oxygen atoms in total. The average Bonchev–Trinajstić information content (AvgIpc) is 3.08. The summed E-state index contributed by atoms with van der Waals surface area (Å²) in [6.45, 7) is 0. The van der Waals surface area contributed by atoms with Crippen molar-refractivity contribution in [3.8, 4) is 0 Å². The maximum atomic E-state index is 12.3. The molecule has 96 valence electrons. The van der Waals surface area contributed by atoms with Crippen molar-refractivity contribution in [2.24, 2.45) is 0 Å². The number of carbonyl (C=O) groups is 1. The average molecular weight is 293 g/mol. The van der Waals surface area contributed by atoms with Gasteiger partial charge in [0.25, 0.3) is 6.29 Å². The molecule has 0 fully saturated rings. The lowest BCUT2D eigenvalue weighted by atomic mass is 10.1. The lowest BCUT2D eigenvalue weighted by Crippen LogP contribution is -2.00. The quantitative estimate of drug-likeness (QED) is 0.797. The molecule has 0 amide bonds. The van der Waals surface area contributed by atoms with E-state index in [1.807, 2.05) is 0 Å². The molecular formula is C14H9ClO3S. The Morgan fingerprint density at radius 1 is 1.16 bits per heavy atom. The molecule has 2 aromatic rings. The summed E-state index contributed by atoms with van der Waals surface area (Å²) < 4.78 is 10.5. The van der Waals surface area contributed by atoms with Gasteiger partial charge >= 0.3 is 0 Å². The van der Waals surface area contributed by atoms with Crippen LogP contribution < -0.4 is 0 Å². The minimum absolute atomic E-state index is 0.0593. The first-order chi connectivity index (χ1) is 9.24. The molecule has 0 spiro atoms. The van der Waals surface area contributed by atoms with Crippen molar-refractivity contribution in [1.82, 2.24) is 0 Å². The second-order valence-electron chi connectivity index (χ2n) is 3.95. The number of hydrogen-bond donors (Lipinski definition) is 0. The zero-order valence-electron chi connectivity index (χ0n) is 9.71. The lowest BCUT2D eigenvalue weighted by Gasteiger charge is -2.06. The van der Waals surface area contributed by atoms with Crippen molar-refractivity contribution >= 4 is 28.7 Å². The fourth-order valence-electron chi connectivity index (χ4n) is 1.76. The largest absolute Gasteiger partial charge is 0.454 e. The first-order valence-electron chi connectivity index (χ1n) is 5.59.